The number of hydrogen-bond acceptors (Lipinski definition) is 2. The van der Waals surface area contributed by atoms with Gasteiger partial charge in [-0.15, -0.1) is 0 Å². The summed E-state index contributed by atoms with van der Waals surface area (Å²) in [5.74, 6) is 0.618. The molecule has 0 atom stereocenters. The van der Waals surface area contributed by atoms with Gasteiger partial charge in [-0.1, -0.05) is 38.1 Å². The summed E-state index contributed by atoms with van der Waals surface area (Å²) in [4.78, 5) is 0. The van der Waals surface area contributed by atoms with Crippen LogP contribution >= 0.6 is 0 Å². The number of nitriles is 1. The van der Waals surface area contributed by atoms with Gasteiger partial charge in [0.2, 0.25) is 0 Å². The van der Waals surface area contributed by atoms with Crippen molar-refractivity contribution in [2.45, 2.75) is 19.8 Å². The van der Waals surface area contributed by atoms with E-state index < -0.39 is 5.82 Å². The average molecular weight is 255 g/mol. The molecule has 2 aromatic carbocycles. The Hall–Kier alpha value is -2.34. The van der Waals surface area contributed by atoms with Crippen LogP contribution in [0.3, 0.4) is 0 Å². The maximum atomic E-state index is 13.5. The van der Waals surface area contributed by atoms with Crippen LogP contribution in [0, 0.1) is 17.1 Å². The summed E-state index contributed by atoms with van der Waals surface area (Å²) in [5, 5.41) is 8.99. The maximum Gasteiger partial charge on any atom is 0.148 e. The molecule has 0 saturated heterocycles. The molecule has 0 aromatic heterocycles. The molecule has 2 aromatic rings. The molecule has 19 heavy (non-hydrogen) atoms. The highest BCUT2D eigenvalue weighted by atomic mass is 19.1. The van der Waals surface area contributed by atoms with Crippen molar-refractivity contribution in [1.82, 2.24) is 0 Å². The van der Waals surface area contributed by atoms with E-state index in [4.69, 9.17) is 10.00 Å². The molecule has 0 unspecified atom stereocenters. The predicted octanol–water partition coefficient (Wildman–Crippen LogP) is 4.61. The number of para-hydroxylation sites is 1. The molecule has 0 aliphatic rings. The zero-order valence-corrected chi connectivity index (χ0v) is 10.9. The zero-order chi connectivity index (χ0) is 13.8. The van der Waals surface area contributed by atoms with Gasteiger partial charge in [0.25, 0.3) is 0 Å². The van der Waals surface area contributed by atoms with E-state index in [1.54, 1.807) is 6.07 Å². The van der Waals surface area contributed by atoms with E-state index in [0.717, 1.165) is 5.56 Å². The predicted molar refractivity (Wildman–Crippen MR) is 71.7 cm³/mol. The van der Waals surface area contributed by atoms with Crippen LogP contribution in [0.25, 0.3) is 0 Å². The van der Waals surface area contributed by atoms with E-state index in [0.29, 0.717) is 5.75 Å². The first-order valence-electron chi connectivity index (χ1n) is 6.09. The van der Waals surface area contributed by atoms with Gasteiger partial charge in [0.1, 0.15) is 28.9 Å². The molecule has 0 bridgehead atoms. The lowest BCUT2D eigenvalue weighted by atomic mass is 10.0. The number of ether oxygens (including phenoxy) is 1. The molecule has 0 radical (unpaired) electrons. The van der Waals surface area contributed by atoms with Crippen molar-refractivity contribution in [1.29, 1.82) is 5.26 Å². The minimum Gasteiger partial charge on any atom is -0.456 e. The maximum absolute atomic E-state index is 13.5. The van der Waals surface area contributed by atoms with Gasteiger partial charge in [0.05, 0.1) is 0 Å². The van der Waals surface area contributed by atoms with Crippen molar-refractivity contribution in [2.24, 2.45) is 0 Å². The van der Waals surface area contributed by atoms with Crippen LogP contribution in [-0.4, -0.2) is 0 Å². The van der Waals surface area contributed by atoms with Crippen LogP contribution in [0.2, 0.25) is 0 Å². The van der Waals surface area contributed by atoms with Gasteiger partial charge in [0, 0.05) is 0 Å². The SMILES string of the molecule is CC(C)c1ccccc1Oc1cccc(F)c1C#N. The van der Waals surface area contributed by atoms with Gasteiger partial charge in [0.15, 0.2) is 0 Å². The van der Waals surface area contributed by atoms with E-state index in [1.807, 2.05) is 30.3 Å². The van der Waals surface area contributed by atoms with E-state index >= 15 is 0 Å². The summed E-state index contributed by atoms with van der Waals surface area (Å²) in [6, 6.07) is 13.8. The smallest absolute Gasteiger partial charge is 0.148 e. The summed E-state index contributed by atoms with van der Waals surface area (Å²) in [6.45, 7) is 4.11. The van der Waals surface area contributed by atoms with Crippen LogP contribution in [-0.2, 0) is 0 Å². The number of nitrogens with zero attached hydrogens (tertiary/aromatic N) is 1. The van der Waals surface area contributed by atoms with Crippen LogP contribution in [0.4, 0.5) is 4.39 Å². The van der Waals surface area contributed by atoms with Gasteiger partial charge < -0.3 is 4.74 Å². The molecular weight excluding hydrogens is 241 g/mol. The summed E-state index contributed by atoms with van der Waals surface area (Å²) >= 11 is 0. The molecule has 0 aliphatic carbocycles. The Labute approximate surface area is 112 Å². The molecule has 3 heteroatoms. The standard InChI is InChI=1S/C16H14FNO/c1-11(2)12-6-3-4-8-15(12)19-16-9-5-7-14(17)13(16)10-18/h3-9,11H,1-2H3. The lowest BCUT2D eigenvalue weighted by molar-refractivity contribution is 0.465. The monoisotopic (exact) mass is 255 g/mol. The highest BCUT2D eigenvalue weighted by Gasteiger charge is 2.12. The van der Waals surface area contributed by atoms with Gasteiger partial charge >= 0.3 is 0 Å². The largest absolute Gasteiger partial charge is 0.456 e. The third-order valence-electron chi connectivity index (χ3n) is 2.85. The van der Waals surface area contributed by atoms with E-state index in [9.17, 15) is 4.39 Å². The van der Waals surface area contributed by atoms with Crippen molar-refractivity contribution in [3.8, 4) is 17.6 Å². The topological polar surface area (TPSA) is 33.0 Å². The summed E-state index contributed by atoms with van der Waals surface area (Å²) in [7, 11) is 0. The average Bonchev–Trinajstić information content (AvgIpc) is 2.39. The molecule has 2 nitrogen and oxygen atoms in total. The molecule has 2 rings (SSSR count). The zero-order valence-electron chi connectivity index (χ0n) is 10.9. The second-order valence-electron chi connectivity index (χ2n) is 4.52. The number of rotatable bonds is 3. The van der Waals surface area contributed by atoms with Crippen molar-refractivity contribution < 1.29 is 9.13 Å². The quantitative estimate of drug-likeness (QED) is 0.802. The Morgan fingerprint density at radius 3 is 2.42 bits per heavy atom. The molecule has 0 aliphatic heterocycles. The lowest BCUT2D eigenvalue weighted by Crippen LogP contribution is -1.96. The van der Waals surface area contributed by atoms with E-state index in [2.05, 4.69) is 13.8 Å². The Morgan fingerprint density at radius 1 is 1.05 bits per heavy atom. The van der Waals surface area contributed by atoms with Crippen molar-refractivity contribution in [3.05, 3.63) is 59.4 Å². The van der Waals surface area contributed by atoms with Crippen molar-refractivity contribution in [2.75, 3.05) is 0 Å². The Balaban J connectivity index is 2.43. The van der Waals surface area contributed by atoms with E-state index in [1.165, 1.54) is 12.1 Å². The fourth-order valence-electron chi connectivity index (χ4n) is 1.87. The molecular formula is C16H14FNO. The second-order valence-corrected chi connectivity index (χ2v) is 4.52. The molecule has 0 spiro atoms. The third kappa shape index (κ3) is 2.74. The molecule has 0 N–H and O–H groups in total. The molecule has 0 saturated carbocycles. The summed E-state index contributed by atoms with van der Waals surface area (Å²) in [5.41, 5.74) is 0.955. The minimum absolute atomic E-state index is 0.0685. The van der Waals surface area contributed by atoms with Crippen molar-refractivity contribution >= 4 is 0 Å². The van der Waals surface area contributed by atoms with Crippen molar-refractivity contribution in [3.63, 3.8) is 0 Å². The molecule has 0 heterocycles. The minimum atomic E-state index is -0.568. The number of benzene rings is 2. The summed E-state index contributed by atoms with van der Waals surface area (Å²) < 4.78 is 19.2. The normalized spacial score (nSPS) is 10.3. The first kappa shape index (κ1) is 13.1. The van der Waals surface area contributed by atoms with Crippen LogP contribution in [0.5, 0.6) is 11.5 Å². The Morgan fingerprint density at radius 2 is 1.74 bits per heavy atom. The van der Waals surface area contributed by atoms with Gasteiger partial charge in [-0.25, -0.2) is 4.39 Å². The fraction of sp³-hybridized carbons (Fsp3) is 0.188. The highest BCUT2D eigenvalue weighted by molar-refractivity contribution is 5.47. The highest BCUT2D eigenvalue weighted by Crippen LogP contribution is 2.32. The fourth-order valence-corrected chi connectivity index (χ4v) is 1.87. The van der Waals surface area contributed by atoms with E-state index in [-0.39, 0.29) is 17.2 Å². The first-order valence-corrected chi connectivity index (χ1v) is 6.09. The van der Waals surface area contributed by atoms with Crippen LogP contribution in [0.1, 0.15) is 30.9 Å². The van der Waals surface area contributed by atoms with Crippen LogP contribution < -0.4 is 4.74 Å². The first-order chi connectivity index (χ1) is 9.13. The summed E-state index contributed by atoms with van der Waals surface area (Å²) in [6.07, 6.45) is 0. The number of halogens is 1. The Kier molecular flexibility index (Phi) is 3.82. The molecule has 0 fully saturated rings. The van der Waals surface area contributed by atoms with Gasteiger partial charge in [-0.2, -0.15) is 5.26 Å². The Bertz CT molecular complexity index is 629. The molecule has 0 amide bonds. The van der Waals surface area contributed by atoms with Gasteiger partial charge in [-0.3, -0.25) is 0 Å². The lowest BCUT2D eigenvalue weighted by Gasteiger charge is -2.14. The molecule has 96 valence electrons. The number of hydrogen-bond donors (Lipinski definition) is 0. The van der Waals surface area contributed by atoms with Crippen LogP contribution in [0.15, 0.2) is 42.5 Å². The second kappa shape index (κ2) is 5.53. The third-order valence-corrected chi connectivity index (χ3v) is 2.85. The van der Waals surface area contributed by atoms with Gasteiger partial charge in [-0.05, 0) is 29.7 Å².